The third-order valence-corrected chi connectivity index (χ3v) is 5.84. The van der Waals surface area contributed by atoms with Gasteiger partial charge in [-0.3, -0.25) is 9.69 Å². The monoisotopic (exact) mass is 483 g/mol. The fraction of sp³-hybridized carbons (Fsp3) is 0.409. The Hall–Kier alpha value is -1.77. The number of piperidine rings is 1. The lowest BCUT2D eigenvalue weighted by Gasteiger charge is -2.32. The second-order valence-electron chi connectivity index (χ2n) is 7.45. The molecule has 31 heavy (non-hydrogen) atoms. The minimum atomic E-state index is -0.750. The molecule has 6 nitrogen and oxygen atoms in total. The molecule has 1 heterocycles. The number of carbonyl (C=O) groups excluding carboxylic acids is 1. The van der Waals surface area contributed by atoms with Gasteiger partial charge in [0.25, 0.3) is 5.91 Å². The van der Waals surface area contributed by atoms with Gasteiger partial charge in [0.15, 0.2) is 0 Å². The molecule has 1 amide bonds. The van der Waals surface area contributed by atoms with E-state index < -0.39 is 11.6 Å². The maximum Gasteiger partial charge on any atom is 0.335 e. The second-order valence-corrected chi connectivity index (χ2v) is 8.40. The summed E-state index contributed by atoms with van der Waals surface area (Å²) in [6.45, 7) is 6.41. The Morgan fingerprint density at radius 1 is 1.06 bits per heavy atom. The maximum atomic E-state index is 12.1. The zero-order valence-corrected chi connectivity index (χ0v) is 19.7. The number of hydrogen-bond donors (Lipinski definition) is 2. The van der Waals surface area contributed by atoms with Crippen LogP contribution in [0, 0.1) is 6.92 Å². The van der Waals surface area contributed by atoms with Crippen LogP contribution >= 0.6 is 23.2 Å². The van der Waals surface area contributed by atoms with Gasteiger partial charge in [0, 0.05) is 31.2 Å². The van der Waals surface area contributed by atoms with Crippen LogP contribution in [0.5, 0.6) is 0 Å². The van der Waals surface area contributed by atoms with E-state index >= 15 is 0 Å². The SMILES string of the molecule is Cc1cccc(C(=O)NCCNC2CCN(Cc3ccc(Cl)c(Cl)c3)CC2)c1.O=S=O. The highest BCUT2D eigenvalue weighted by atomic mass is 35.5. The van der Waals surface area contributed by atoms with Gasteiger partial charge in [-0.2, -0.15) is 8.42 Å². The molecule has 0 unspecified atom stereocenters. The number of nitrogens with zero attached hydrogens (tertiary/aromatic N) is 1. The summed E-state index contributed by atoms with van der Waals surface area (Å²) in [6, 6.07) is 14.0. The molecule has 0 aliphatic carbocycles. The van der Waals surface area contributed by atoms with Gasteiger partial charge in [-0.05, 0) is 62.7 Å². The summed E-state index contributed by atoms with van der Waals surface area (Å²) in [5.74, 6) is -0.0121. The van der Waals surface area contributed by atoms with Crippen LogP contribution < -0.4 is 10.6 Å². The number of rotatable bonds is 7. The third-order valence-electron chi connectivity index (χ3n) is 5.10. The van der Waals surface area contributed by atoms with Gasteiger partial charge < -0.3 is 10.6 Å². The summed E-state index contributed by atoms with van der Waals surface area (Å²) >= 11 is 11.3. The normalized spacial score (nSPS) is 14.4. The van der Waals surface area contributed by atoms with Gasteiger partial charge in [0.2, 0.25) is 0 Å². The Bertz CT molecular complexity index is 899. The topological polar surface area (TPSA) is 78.5 Å². The van der Waals surface area contributed by atoms with Crippen molar-refractivity contribution in [2.24, 2.45) is 0 Å². The van der Waals surface area contributed by atoms with Gasteiger partial charge in [-0.15, -0.1) is 0 Å². The highest BCUT2D eigenvalue weighted by Crippen LogP contribution is 2.24. The Morgan fingerprint density at radius 2 is 1.77 bits per heavy atom. The molecule has 0 atom stereocenters. The molecule has 0 spiro atoms. The van der Waals surface area contributed by atoms with E-state index in [1.165, 1.54) is 5.56 Å². The van der Waals surface area contributed by atoms with Crippen molar-refractivity contribution in [3.63, 3.8) is 0 Å². The molecular weight excluding hydrogens is 457 g/mol. The average molecular weight is 484 g/mol. The summed E-state index contributed by atoms with van der Waals surface area (Å²) in [4.78, 5) is 14.6. The highest BCUT2D eigenvalue weighted by Gasteiger charge is 2.19. The van der Waals surface area contributed by atoms with E-state index in [9.17, 15) is 4.79 Å². The molecule has 0 radical (unpaired) electrons. The molecule has 2 aromatic rings. The van der Waals surface area contributed by atoms with Gasteiger partial charge >= 0.3 is 11.6 Å². The lowest BCUT2D eigenvalue weighted by atomic mass is 10.0. The van der Waals surface area contributed by atoms with E-state index in [2.05, 4.69) is 15.5 Å². The third kappa shape index (κ3) is 9.09. The second kappa shape index (κ2) is 13.6. The maximum absolute atomic E-state index is 12.1. The van der Waals surface area contributed by atoms with E-state index in [-0.39, 0.29) is 5.91 Å². The number of amides is 1. The standard InChI is InChI=1S/C22H27Cl2N3O.O2S/c1-16-3-2-4-18(13-16)22(28)26-10-9-25-19-7-11-27(12-8-19)15-17-5-6-20(23)21(24)14-17;1-3-2/h2-6,13-14,19,25H,7-12,15H2,1H3,(H,26,28);. The van der Waals surface area contributed by atoms with Gasteiger partial charge in [0.1, 0.15) is 0 Å². The molecular formula is C22H27Cl2N3O3S. The van der Waals surface area contributed by atoms with Crippen LogP contribution in [0.1, 0.15) is 34.3 Å². The Labute approximate surface area is 196 Å². The minimum absolute atomic E-state index is 0.0121. The number of hydrogen-bond acceptors (Lipinski definition) is 5. The smallest absolute Gasteiger partial charge is 0.335 e. The van der Waals surface area contributed by atoms with Crippen LogP contribution in [-0.2, 0) is 18.1 Å². The summed E-state index contributed by atoms with van der Waals surface area (Å²) < 4.78 is 16.6. The number of carbonyl (C=O) groups is 1. The fourth-order valence-electron chi connectivity index (χ4n) is 3.53. The number of aryl methyl sites for hydroxylation is 1. The Kier molecular flexibility index (Phi) is 11.2. The number of halogens is 2. The van der Waals surface area contributed by atoms with E-state index in [4.69, 9.17) is 31.6 Å². The first kappa shape index (κ1) is 25.5. The largest absolute Gasteiger partial charge is 0.351 e. The van der Waals surface area contributed by atoms with Crippen LogP contribution in [0.15, 0.2) is 42.5 Å². The molecule has 2 N–H and O–H groups in total. The van der Waals surface area contributed by atoms with Crippen molar-refractivity contribution >= 4 is 40.7 Å². The first-order valence-corrected chi connectivity index (χ1v) is 11.5. The number of benzene rings is 2. The molecule has 1 aliphatic heterocycles. The lowest BCUT2D eigenvalue weighted by molar-refractivity contribution is 0.0953. The molecule has 9 heteroatoms. The van der Waals surface area contributed by atoms with Crippen molar-refractivity contribution in [2.45, 2.75) is 32.4 Å². The molecule has 3 rings (SSSR count). The molecule has 1 aliphatic rings. The summed E-state index contributed by atoms with van der Waals surface area (Å²) in [6.07, 6.45) is 2.21. The average Bonchev–Trinajstić information content (AvgIpc) is 2.75. The predicted octanol–water partition coefficient (Wildman–Crippen LogP) is 3.62. The van der Waals surface area contributed by atoms with Crippen molar-refractivity contribution in [1.29, 1.82) is 0 Å². The Morgan fingerprint density at radius 3 is 2.42 bits per heavy atom. The van der Waals surface area contributed by atoms with Crippen molar-refractivity contribution in [3.05, 3.63) is 69.2 Å². The highest BCUT2D eigenvalue weighted by molar-refractivity contribution is 7.51. The summed E-state index contributed by atoms with van der Waals surface area (Å²) in [5, 5.41) is 7.76. The summed E-state index contributed by atoms with van der Waals surface area (Å²) in [7, 11) is 0. The number of nitrogens with one attached hydrogen (secondary N) is 2. The quantitative estimate of drug-likeness (QED) is 0.587. The first-order chi connectivity index (χ1) is 14.9. The Balaban J connectivity index is 0.00000107. The van der Waals surface area contributed by atoms with E-state index in [0.717, 1.165) is 50.1 Å². The van der Waals surface area contributed by atoms with E-state index in [0.29, 0.717) is 22.6 Å². The summed E-state index contributed by atoms with van der Waals surface area (Å²) in [5.41, 5.74) is 3.01. The molecule has 1 saturated heterocycles. The number of likely N-dealkylation sites (tertiary alicyclic amines) is 1. The van der Waals surface area contributed by atoms with Crippen molar-refractivity contribution < 1.29 is 13.2 Å². The van der Waals surface area contributed by atoms with Crippen LogP contribution in [0.2, 0.25) is 10.0 Å². The van der Waals surface area contributed by atoms with Crippen LogP contribution in [0.3, 0.4) is 0 Å². The minimum Gasteiger partial charge on any atom is -0.351 e. The molecule has 0 bridgehead atoms. The van der Waals surface area contributed by atoms with Gasteiger partial charge in [-0.25, -0.2) is 0 Å². The molecule has 168 valence electrons. The van der Waals surface area contributed by atoms with Gasteiger partial charge in [0.05, 0.1) is 10.0 Å². The van der Waals surface area contributed by atoms with E-state index in [1.54, 1.807) is 0 Å². The van der Waals surface area contributed by atoms with Crippen LogP contribution in [-0.4, -0.2) is 51.4 Å². The predicted molar refractivity (Wildman–Crippen MR) is 125 cm³/mol. The molecule has 2 aromatic carbocycles. The van der Waals surface area contributed by atoms with Gasteiger partial charge in [-0.1, -0.05) is 47.0 Å². The van der Waals surface area contributed by atoms with Crippen molar-refractivity contribution in [1.82, 2.24) is 15.5 Å². The fourth-order valence-corrected chi connectivity index (χ4v) is 3.85. The molecule has 0 saturated carbocycles. The molecule has 0 aromatic heterocycles. The van der Waals surface area contributed by atoms with Crippen molar-refractivity contribution in [2.75, 3.05) is 26.2 Å². The zero-order chi connectivity index (χ0) is 22.6. The van der Waals surface area contributed by atoms with Crippen molar-refractivity contribution in [3.8, 4) is 0 Å². The lowest BCUT2D eigenvalue weighted by Crippen LogP contribution is -2.44. The molecule has 1 fully saturated rings. The van der Waals surface area contributed by atoms with E-state index in [1.807, 2.05) is 49.4 Å². The first-order valence-electron chi connectivity index (χ1n) is 10.1. The van der Waals surface area contributed by atoms with Crippen LogP contribution in [0.4, 0.5) is 0 Å². The van der Waals surface area contributed by atoms with Crippen LogP contribution in [0.25, 0.3) is 0 Å². The zero-order valence-electron chi connectivity index (χ0n) is 17.4.